The first kappa shape index (κ1) is 27.9. The molecule has 9 nitrogen and oxygen atoms in total. The first-order valence-electron chi connectivity index (χ1n) is 13.2. The van der Waals surface area contributed by atoms with E-state index in [9.17, 15) is 19.5 Å². The molecule has 1 spiro atoms. The maximum absolute atomic E-state index is 14.5. The third-order valence-electron chi connectivity index (χ3n) is 8.31. The summed E-state index contributed by atoms with van der Waals surface area (Å²) in [5, 5.41) is 10.2. The number of ether oxygens (including phenoxy) is 3. The second-order valence-electron chi connectivity index (χ2n) is 10.4. The van der Waals surface area contributed by atoms with Gasteiger partial charge in [-0.25, -0.2) is 0 Å². The molecule has 1 aromatic carbocycles. The average Bonchev–Trinajstić information content (AvgIpc) is 3.49. The zero-order chi connectivity index (χ0) is 27.7. The second-order valence-corrected chi connectivity index (χ2v) is 10.4. The maximum Gasteiger partial charge on any atom is 0.312 e. The Balaban J connectivity index is 1.79. The molecule has 4 rings (SSSR count). The van der Waals surface area contributed by atoms with E-state index in [0.717, 1.165) is 0 Å². The van der Waals surface area contributed by atoms with Crippen LogP contribution >= 0.6 is 0 Å². The number of aliphatic hydroxyl groups excluding tert-OH is 1. The monoisotopic (exact) mass is 526 g/mol. The van der Waals surface area contributed by atoms with Gasteiger partial charge < -0.3 is 29.1 Å². The van der Waals surface area contributed by atoms with Crippen molar-refractivity contribution in [2.24, 2.45) is 11.8 Å². The van der Waals surface area contributed by atoms with E-state index in [0.29, 0.717) is 37.1 Å². The normalized spacial score (nSPS) is 30.1. The molecule has 1 aromatic rings. The number of benzene rings is 1. The number of rotatable bonds is 12. The highest BCUT2D eigenvalue weighted by molar-refractivity contribution is 6.05. The SMILES string of the molecule is C=CCCOC(=O)[C@H]1[C@H]2C(=O)N([C@@H](CC)CO)C(C(=O)N(CC=C)c3ccc(OC)cc3)C23CC[C@]1(C)O3. The van der Waals surface area contributed by atoms with E-state index in [2.05, 4.69) is 13.2 Å². The van der Waals surface area contributed by atoms with Gasteiger partial charge in [-0.1, -0.05) is 19.1 Å². The van der Waals surface area contributed by atoms with E-state index in [1.54, 1.807) is 48.4 Å². The quantitative estimate of drug-likeness (QED) is 0.254. The molecule has 206 valence electrons. The number of esters is 1. The summed E-state index contributed by atoms with van der Waals surface area (Å²) in [6, 6.07) is 5.43. The molecule has 2 unspecified atom stereocenters. The summed E-state index contributed by atoms with van der Waals surface area (Å²) in [6.07, 6.45) is 5.16. The van der Waals surface area contributed by atoms with Gasteiger partial charge in [-0.05, 0) is 56.9 Å². The van der Waals surface area contributed by atoms with Gasteiger partial charge in [0.05, 0.1) is 37.9 Å². The minimum Gasteiger partial charge on any atom is -0.497 e. The van der Waals surface area contributed by atoms with E-state index in [1.165, 1.54) is 4.90 Å². The van der Waals surface area contributed by atoms with Crippen molar-refractivity contribution in [3.63, 3.8) is 0 Å². The van der Waals surface area contributed by atoms with Crippen LogP contribution in [0.1, 0.15) is 39.5 Å². The molecule has 0 aliphatic carbocycles. The Morgan fingerprint density at radius 1 is 1.26 bits per heavy atom. The number of amides is 2. The summed E-state index contributed by atoms with van der Waals surface area (Å²) < 4.78 is 17.4. The van der Waals surface area contributed by atoms with Crippen molar-refractivity contribution in [3.05, 3.63) is 49.6 Å². The highest BCUT2D eigenvalue weighted by Gasteiger charge is 2.79. The van der Waals surface area contributed by atoms with E-state index < -0.39 is 41.1 Å². The molecule has 3 heterocycles. The molecule has 2 amide bonds. The second kappa shape index (κ2) is 10.9. The molecule has 3 aliphatic heterocycles. The van der Waals surface area contributed by atoms with Gasteiger partial charge in [-0.15, -0.1) is 13.2 Å². The van der Waals surface area contributed by atoms with Crippen molar-refractivity contribution < 1.29 is 33.7 Å². The maximum atomic E-state index is 14.5. The van der Waals surface area contributed by atoms with Gasteiger partial charge in [0, 0.05) is 12.2 Å². The third-order valence-corrected chi connectivity index (χ3v) is 8.31. The first-order chi connectivity index (χ1) is 18.2. The number of likely N-dealkylation sites (tertiary alicyclic amines) is 1. The fraction of sp³-hybridized carbons (Fsp3) is 0.552. The van der Waals surface area contributed by atoms with Crippen molar-refractivity contribution >= 4 is 23.5 Å². The van der Waals surface area contributed by atoms with Gasteiger partial charge in [0.1, 0.15) is 23.3 Å². The zero-order valence-electron chi connectivity index (χ0n) is 22.4. The van der Waals surface area contributed by atoms with Crippen LogP contribution in [0.5, 0.6) is 5.75 Å². The summed E-state index contributed by atoms with van der Waals surface area (Å²) in [5.41, 5.74) is -1.53. The molecular weight excluding hydrogens is 488 g/mol. The zero-order valence-corrected chi connectivity index (χ0v) is 22.4. The topological polar surface area (TPSA) is 106 Å². The Kier molecular flexibility index (Phi) is 7.99. The minimum absolute atomic E-state index is 0.160. The number of hydrogen-bond donors (Lipinski definition) is 1. The summed E-state index contributed by atoms with van der Waals surface area (Å²) in [6.45, 7) is 11.2. The van der Waals surface area contributed by atoms with Crippen molar-refractivity contribution in [3.8, 4) is 5.75 Å². The van der Waals surface area contributed by atoms with Crippen LogP contribution in [0.4, 0.5) is 5.69 Å². The van der Waals surface area contributed by atoms with Crippen LogP contribution < -0.4 is 9.64 Å². The summed E-state index contributed by atoms with van der Waals surface area (Å²) in [5.74, 6) is -2.29. The van der Waals surface area contributed by atoms with Gasteiger partial charge >= 0.3 is 5.97 Å². The van der Waals surface area contributed by atoms with Crippen LogP contribution in [0.3, 0.4) is 0 Å². The molecule has 3 saturated heterocycles. The van der Waals surface area contributed by atoms with Gasteiger partial charge in [0.2, 0.25) is 5.91 Å². The van der Waals surface area contributed by atoms with Crippen molar-refractivity contribution in [2.45, 2.75) is 62.8 Å². The van der Waals surface area contributed by atoms with Crippen molar-refractivity contribution in [1.29, 1.82) is 0 Å². The number of carbonyl (C=O) groups excluding carboxylic acids is 3. The Bertz CT molecular complexity index is 1080. The summed E-state index contributed by atoms with van der Waals surface area (Å²) in [7, 11) is 1.57. The van der Waals surface area contributed by atoms with E-state index in [4.69, 9.17) is 14.2 Å². The predicted molar refractivity (Wildman–Crippen MR) is 142 cm³/mol. The molecule has 38 heavy (non-hydrogen) atoms. The minimum atomic E-state index is -1.21. The lowest BCUT2D eigenvalue weighted by Crippen LogP contribution is -2.59. The van der Waals surface area contributed by atoms with Crippen LogP contribution in [-0.2, 0) is 23.9 Å². The smallest absolute Gasteiger partial charge is 0.312 e. The highest BCUT2D eigenvalue weighted by atomic mass is 16.6. The molecule has 9 heteroatoms. The van der Waals surface area contributed by atoms with Gasteiger partial charge in [-0.3, -0.25) is 14.4 Å². The lowest BCUT2D eigenvalue weighted by atomic mass is 9.66. The fourth-order valence-electron chi connectivity index (χ4n) is 6.50. The van der Waals surface area contributed by atoms with Gasteiger partial charge in [0.25, 0.3) is 5.91 Å². The molecule has 0 radical (unpaired) electrons. The number of methoxy groups -OCH3 is 1. The largest absolute Gasteiger partial charge is 0.497 e. The molecule has 0 saturated carbocycles. The molecule has 0 aromatic heterocycles. The van der Waals surface area contributed by atoms with E-state index in [-0.39, 0.29) is 31.6 Å². The molecule has 6 atom stereocenters. The Labute approximate surface area is 224 Å². The Hall–Kier alpha value is -3.17. The first-order valence-corrected chi connectivity index (χ1v) is 13.2. The van der Waals surface area contributed by atoms with E-state index in [1.807, 2.05) is 13.8 Å². The Morgan fingerprint density at radius 2 is 1.97 bits per heavy atom. The number of hydrogen-bond acceptors (Lipinski definition) is 7. The predicted octanol–water partition coefficient (Wildman–Crippen LogP) is 2.87. The number of nitrogens with zero attached hydrogens (tertiary/aromatic N) is 2. The standard InChI is InChI=1S/C29H38N2O7/c1-6-9-17-37-27(35)23-22-25(33)31(19(8-3)18-32)24(29(22)15-14-28(23,4)38-29)26(34)30(16-7-2)20-10-12-21(36-5)13-11-20/h6-7,10-13,19,22-24,32H,1-2,8-9,14-18H2,3-5H3/t19-,22-,23+,24?,28-,29?/m0/s1. The number of aliphatic hydroxyl groups is 1. The summed E-state index contributed by atoms with van der Waals surface area (Å²) in [4.78, 5) is 45.0. The van der Waals surface area contributed by atoms with Crippen LogP contribution in [0, 0.1) is 11.8 Å². The van der Waals surface area contributed by atoms with E-state index >= 15 is 0 Å². The third kappa shape index (κ3) is 4.31. The number of carbonyl (C=O) groups is 3. The number of anilines is 1. The fourth-order valence-corrected chi connectivity index (χ4v) is 6.50. The Morgan fingerprint density at radius 3 is 2.55 bits per heavy atom. The lowest BCUT2D eigenvalue weighted by Gasteiger charge is -2.39. The van der Waals surface area contributed by atoms with Crippen LogP contribution in [-0.4, -0.2) is 77.9 Å². The lowest BCUT2D eigenvalue weighted by molar-refractivity contribution is -0.160. The highest BCUT2D eigenvalue weighted by Crippen LogP contribution is 2.63. The number of fused-ring (bicyclic) bond motifs is 1. The van der Waals surface area contributed by atoms with Crippen molar-refractivity contribution in [2.75, 3.05) is 31.8 Å². The molecule has 2 bridgehead atoms. The van der Waals surface area contributed by atoms with Crippen molar-refractivity contribution in [1.82, 2.24) is 4.90 Å². The average molecular weight is 527 g/mol. The molecular formula is C29H38N2O7. The van der Waals surface area contributed by atoms with Crippen LogP contribution in [0.25, 0.3) is 0 Å². The summed E-state index contributed by atoms with van der Waals surface area (Å²) >= 11 is 0. The van der Waals surface area contributed by atoms with Crippen LogP contribution in [0.15, 0.2) is 49.6 Å². The van der Waals surface area contributed by atoms with Crippen LogP contribution in [0.2, 0.25) is 0 Å². The molecule has 3 fully saturated rings. The molecule has 1 N–H and O–H groups in total. The van der Waals surface area contributed by atoms with Gasteiger partial charge in [-0.2, -0.15) is 0 Å². The molecule has 3 aliphatic rings. The van der Waals surface area contributed by atoms with Gasteiger partial charge in [0.15, 0.2) is 0 Å².